The van der Waals surface area contributed by atoms with E-state index in [4.69, 9.17) is 10.1 Å². The standard InChI is InChI=1S/C11H19NO/c1-2-3-10-11(13-10)7-6-9(12)8-4-5-8/h8,10-12H,2-7H2,1H3. The largest absolute Gasteiger partial charge is 0.370 e. The Balaban J connectivity index is 1.56. The third-order valence-electron chi connectivity index (χ3n) is 3.03. The molecule has 0 bridgehead atoms. The van der Waals surface area contributed by atoms with E-state index in [1.807, 2.05) is 0 Å². The summed E-state index contributed by atoms with van der Waals surface area (Å²) in [5.41, 5.74) is 0.978. The first-order valence-electron chi connectivity index (χ1n) is 5.54. The van der Waals surface area contributed by atoms with Crippen molar-refractivity contribution in [1.29, 1.82) is 5.41 Å². The molecule has 0 aromatic heterocycles. The quantitative estimate of drug-likeness (QED) is 0.496. The highest BCUT2D eigenvalue weighted by Gasteiger charge is 2.38. The van der Waals surface area contributed by atoms with Crippen LogP contribution in [-0.4, -0.2) is 17.9 Å². The van der Waals surface area contributed by atoms with Gasteiger partial charge in [-0.1, -0.05) is 13.3 Å². The van der Waals surface area contributed by atoms with Crippen molar-refractivity contribution in [1.82, 2.24) is 0 Å². The molecule has 2 nitrogen and oxygen atoms in total. The summed E-state index contributed by atoms with van der Waals surface area (Å²) >= 11 is 0. The molecule has 2 rings (SSSR count). The van der Waals surface area contributed by atoms with E-state index in [9.17, 15) is 0 Å². The monoisotopic (exact) mass is 181 g/mol. The fraction of sp³-hybridized carbons (Fsp3) is 0.909. The highest BCUT2D eigenvalue weighted by atomic mass is 16.6. The van der Waals surface area contributed by atoms with Gasteiger partial charge in [0.15, 0.2) is 0 Å². The Morgan fingerprint density at radius 3 is 2.62 bits per heavy atom. The summed E-state index contributed by atoms with van der Waals surface area (Å²) in [6, 6.07) is 0. The molecule has 13 heavy (non-hydrogen) atoms. The summed E-state index contributed by atoms with van der Waals surface area (Å²) in [4.78, 5) is 0. The van der Waals surface area contributed by atoms with Crippen molar-refractivity contribution in [2.45, 2.75) is 57.7 Å². The lowest BCUT2D eigenvalue weighted by molar-refractivity contribution is 0.356. The van der Waals surface area contributed by atoms with Gasteiger partial charge in [-0.15, -0.1) is 0 Å². The molecule has 0 aromatic rings. The highest BCUT2D eigenvalue weighted by Crippen LogP contribution is 2.35. The molecule has 1 aliphatic heterocycles. The van der Waals surface area contributed by atoms with Crippen molar-refractivity contribution in [2.75, 3.05) is 0 Å². The lowest BCUT2D eigenvalue weighted by atomic mass is 10.1. The fourth-order valence-electron chi connectivity index (χ4n) is 1.91. The SMILES string of the molecule is CCCC1OC1CCC(=N)C1CC1. The normalized spacial score (nSPS) is 31.8. The lowest BCUT2D eigenvalue weighted by Crippen LogP contribution is -2.02. The average Bonchev–Trinajstić information content (AvgIpc) is 2.97. The van der Waals surface area contributed by atoms with Crippen molar-refractivity contribution >= 4 is 5.71 Å². The third kappa shape index (κ3) is 2.53. The van der Waals surface area contributed by atoms with Gasteiger partial charge in [-0.25, -0.2) is 0 Å². The molecule has 2 aliphatic rings. The second-order valence-electron chi connectivity index (χ2n) is 4.34. The van der Waals surface area contributed by atoms with Gasteiger partial charge in [0.1, 0.15) is 0 Å². The molecule has 0 amide bonds. The maximum absolute atomic E-state index is 7.74. The number of rotatable bonds is 6. The van der Waals surface area contributed by atoms with Gasteiger partial charge < -0.3 is 10.1 Å². The van der Waals surface area contributed by atoms with Crippen molar-refractivity contribution in [3.8, 4) is 0 Å². The molecule has 0 aromatic carbocycles. The fourth-order valence-corrected chi connectivity index (χ4v) is 1.91. The van der Waals surface area contributed by atoms with Crippen molar-refractivity contribution < 1.29 is 4.74 Å². The molecule has 2 unspecified atom stereocenters. The molecule has 1 aliphatic carbocycles. The van der Waals surface area contributed by atoms with Crippen LogP contribution in [0.2, 0.25) is 0 Å². The molecule has 0 spiro atoms. The molecule has 1 N–H and O–H groups in total. The van der Waals surface area contributed by atoms with Crippen LogP contribution < -0.4 is 0 Å². The Morgan fingerprint density at radius 1 is 1.31 bits per heavy atom. The summed E-state index contributed by atoms with van der Waals surface area (Å²) in [5.74, 6) is 0.656. The van der Waals surface area contributed by atoms with E-state index >= 15 is 0 Å². The van der Waals surface area contributed by atoms with Gasteiger partial charge >= 0.3 is 0 Å². The molecule has 1 saturated heterocycles. The molecule has 0 radical (unpaired) electrons. The van der Waals surface area contributed by atoms with Crippen LogP contribution in [0.25, 0.3) is 0 Å². The van der Waals surface area contributed by atoms with E-state index in [1.165, 1.54) is 25.7 Å². The zero-order valence-electron chi connectivity index (χ0n) is 8.38. The number of hydrogen-bond donors (Lipinski definition) is 1. The van der Waals surface area contributed by atoms with Gasteiger partial charge in [0.2, 0.25) is 0 Å². The van der Waals surface area contributed by atoms with Crippen LogP contribution in [0.5, 0.6) is 0 Å². The first-order valence-corrected chi connectivity index (χ1v) is 5.54. The Kier molecular flexibility index (Phi) is 2.68. The van der Waals surface area contributed by atoms with E-state index in [1.54, 1.807) is 0 Å². The maximum atomic E-state index is 7.74. The van der Waals surface area contributed by atoms with Crippen LogP contribution in [0, 0.1) is 11.3 Å². The molecular formula is C11H19NO. The number of ether oxygens (including phenoxy) is 1. The second kappa shape index (κ2) is 3.79. The van der Waals surface area contributed by atoms with Crippen molar-refractivity contribution in [3.63, 3.8) is 0 Å². The number of hydrogen-bond acceptors (Lipinski definition) is 2. The van der Waals surface area contributed by atoms with E-state index in [2.05, 4.69) is 6.92 Å². The van der Waals surface area contributed by atoms with Gasteiger partial charge in [-0.3, -0.25) is 0 Å². The Bertz CT molecular complexity index is 198. The van der Waals surface area contributed by atoms with Crippen LogP contribution in [0.1, 0.15) is 45.4 Å². The van der Waals surface area contributed by atoms with Crippen molar-refractivity contribution in [3.05, 3.63) is 0 Å². The van der Waals surface area contributed by atoms with E-state index in [0.717, 1.165) is 18.6 Å². The van der Waals surface area contributed by atoms with Crippen LogP contribution >= 0.6 is 0 Å². The zero-order valence-corrected chi connectivity index (χ0v) is 8.38. The predicted molar refractivity (Wildman–Crippen MR) is 53.3 cm³/mol. The molecule has 1 heterocycles. The molecule has 74 valence electrons. The van der Waals surface area contributed by atoms with Crippen LogP contribution in [-0.2, 0) is 4.74 Å². The minimum absolute atomic E-state index is 0.499. The molecule has 2 atom stereocenters. The minimum Gasteiger partial charge on any atom is -0.370 e. The number of epoxide rings is 1. The average molecular weight is 181 g/mol. The smallest absolute Gasteiger partial charge is 0.0845 e. The molecule has 2 fully saturated rings. The van der Waals surface area contributed by atoms with Crippen LogP contribution in [0.3, 0.4) is 0 Å². The van der Waals surface area contributed by atoms with Gasteiger partial charge in [0.05, 0.1) is 12.2 Å². The van der Waals surface area contributed by atoms with E-state index in [-0.39, 0.29) is 0 Å². The lowest BCUT2D eigenvalue weighted by Gasteiger charge is -1.98. The minimum atomic E-state index is 0.499. The Hall–Kier alpha value is -0.370. The summed E-state index contributed by atoms with van der Waals surface area (Å²) in [6.45, 7) is 2.20. The van der Waals surface area contributed by atoms with E-state index < -0.39 is 0 Å². The zero-order chi connectivity index (χ0) is 9.26. The van der Waals surface area contributed by atoms with Gasteiger partial charge in [0.25, 0.3) is 0 Å². The predicted octanol–water partition coefficient (Wildman–Crippen LogP) is 2.76. The first-order chi connectivity index (χ1) is 6.31. The Morgan fingerprint density at radius 2 is 2.00 bits per heavy atom. The van der Waals surface area contributed by atoms with E-state index in [0.29, 0.717) is 18.1 Å². The molecule has 1 saturated carbocycles. The first kappa shape index (κ1) is 9.20. The van der Waals surface area contributed by atoms with Gasteiger partial charge in [0, 0.05) is 5.71 Å². The summed E-state index contributed by atoms with van der Waals surface area (Å²) in [6.07, 6.45) is 8.08. The molecule has 2 heteroatoms. The summed E-state index contributed by atoms with van der Waals surface area (Å²) in [7, 11) is 0. The highest BCUT2D eigenvalue weighted by molar-refractivity contribution is 5.85. The summed E-state index contributed by atoms with van der Waals surface area (Å²) in [5, 5.41) is 7.74. The van der Waals surface area contributed by atoms with Gasteiger partial charge in [-0.2, -0.15) is 0 Å². The topological polar surface area (TPSA) is 36.4 Å². The third-order valence-corrected chi connectivity index (χ3v) is 3.03. The van der Waals surface area contributed by atoms with Crippen LogP contribution in [0.15, 0.2) is 0 Å². The van der Waals surface area contributed by atoms with Gasteiger partial charge in [-0.05, 0) is 38.0 Å². The summed E-state index contributed by atoms with van der Waals surface area (Å²) < 4.78 is 5.51. The van der Waals surface area contributed by atoms with Crippen LogP contribution in [0.4, 0.5) is 0 Å². The van der Waals surface area contributed by atoms with Crippen molar-refractivity contribution in [2.24, 2.45) is 5.92 Å². The number of nitrogens with one attached hydrogen (secondary N) is 1. The second-order valence-corrected chi connectivity index (χ2v) is 4.34. The maximum Gasteiger partial charge on any atom is 0.0845 e. The Labute approximate surface area is 80.2 Å². The molecular weight excluding hydrogens is 162 g/mol.